The van der Waals surface area contributed by atoms with Crippen LogP contribution in [-0.2, 0) is 16.1 Å². The zero-order valence-electron chi connectivity index (χ0n) is 18.3. The molecule has 2 heterocycles. The number of fused-ring (bicyclic) bond motifs is 1. The van der Waals surface area contributed by atoms with Crippen molar-refractivity contribution in [2.75, 3.05) is 0 Å². The molecule has 0 bridgehead atoms. The highest BCUT2D eigenvalue weighted by atomic mass is 127. The van der Waals surface area contributed by atoms with Crippen molar-refractivity contribution in [1.82, 2.24) is 4.98 Å². The van der Waals surface area contributed by atoms with E-state index >= 15 is 0 Å². The van der Waals surface area contributed by atoms with Crippen molar-refractivity contribution >= 4 is 50.6 Å². The van der Waals surface area contributed by atoms with Gasteiger partial charge in [-0.3, -0.25) is 4.79 Å². The Morgan fingerprint density at radius 1 is 0.879 bits per heavy atom. The Hall–Kier alpha value is -3.19. The van der Waals surface area contributed by atoms with Crippen molar-refractivity contribution in [2.45, 2.75) is 26.1 Å². The van der Waals surface area contributed by atoms with Crippen LogP contribution >= 0.6 is 22.6 Å². The summed E-state index contributed by atoms with van der Waals surface area (Å²) in [5, 5.41) is 1.11. The second-order valence-electron chi connectivity index (χ2n) is 8.46. The van der Waals surface area contributed by atoms with Crippen molar-refractivity contribution in [2.24, 2.45) is 0 Å². The maximum atomic E-state index is 13.2. The highest BCUT2D eigenvalue weighted by Gasteiger charge is 2.42. The molecule has 0 unspecified atom stereocenters. The number of hydrogen-bond donors (Lipinski definition) is 0. The number of Topliss-reactive ketones (excluding diaryl/α,β-unsaturated/α-hetero) is 1. The second-order valence-corrected chi connectivity index (χ2v) is 9.71. The number of hydrogen-bond acceptors (Lipinski definition) is 4. The van der Waals surface area contributed by atoms with Crippen molar-refractivity contribution in [3.05, 3.63) is 105 Å². The van der Waals surface area contributed by atoms with E-state index in [4.69, 9.17) is 9.47 Å². The predicted molar refractivity (Wildman–Crippen MR) is 139 cm³/mol. The van der Waals surface area contributed by atoms with E-state index in [1.54, 1.807) is 0 Å². The summed E-state index contributed by atoms with van der Waals surface area (Å²) >= 11 is 2.26. The minimum atomic E-state index is -0.898. The number of carbonyl (C=O) groups is 1. The zero-order valence-corrected chi connectivity index (χ0v) is 20.5. The maximum Gasteiger partial charge on any atom is 0.210 e. The second kappa shape index (κ2) is 8.63. The van der Waals surface area contributed by atoms with Gasteiger partial charge >= 0.3 is 0 Å². The predicted octanol–water partition coefficient (Wildman–Crippen LogP) is 6.66. The molecule has 0 radical (unpaired) electrons. The van der Waals surface area contributed by atoms with Gasteiger partial charge in [-0.15, -0.1) is 0 Å². The van der Waals surface area contributed by atoms with Gasteiger partial charge in [-0.25, -0.2) is 4.98 Å². The lowest BCUT2D eigenvalue weighted by atomic mass is 9.92. The molecule has 0 atom stereocenters. The minimum absolute atomic E-state index is 0.0231. The molecule has 4 nitrogen and oxygen atoms in total. The fourth-order valence-electron chi connectivity index (χ4n) is 3.89. The van der Waals surface area contributed by atoms with Crippen LogP contribution in [0.5, 0.6) is 5.75 Å². The Balaban J connectivity index is 1.39. The summed E-state index contributed by atoms with van der Waals surface area (Å²) in [5.74, 6) is 1.32. The highest BCUT2D eigenvalue weighted by Crippen LogP contribution is 2.41. The van der Waals surface area contributed by atoms with Crippen molar-refractivity contribution in [3.8, 4) is 5.75 Å². The number of para-hydroxylation sites is 1. The van der Waals surface area contributed by atoms with E-state index in [0.717, 1.165) is 37.0 Å². The largest absolute Gasteiger partial charge is 0.487 e. The molecule has 0 aliphatic carbocycles. The van der Waals surface area contributed by atoms with E-state index in [1.165, 1.54) is 0 Å². The molecule has 0 amide bonds. The Morgan fingerprint density at radius 2 is 1.58 bits per heavy atom. The summed E-state index contributed by atoms with van der Waals surface area (Å²) in [6.45, 7) is 3.99. The van der Waals surface area contributed by atoms with Crippen LogP contribution in [0.4, 0.5) is 0 Å². The molecular formula is C28H22INO3. The first-order valence-corrected chi connectivity index (χ1v) is 11.8. The van der Waals surface area contributed by atoms with E-state index in [9.17, 15) is 4.79 Å². The summed E-state index contributed by atoms with van der Waals surface area (Å²) in [6.07, 6.45) is 0. The standard InChI is InChI=1S/C28H22INO3/c1-28(2)27(31)25(26(33-28)20-7-12-21(29)13-8-20)19-10-15-23(16-11-19)32-17-22-14-9-18-5-3-4-6-24(18)30-22/h3-16H,17H2,1-2H3. The average molecular weight is 547 g/mol. The minimum Gasteiger partial charge on any atom is -0.487 e. The van der Waals surface area contributed by atoms with Crippen LogP contribution in [0.1, 0.15) is 30.7 Å². The van der Waals surface area contributed by atoms with Gasteiger partial charge in [0, 0.05) is 14.5 Å². The van der Waals surface area contributed by atoms with E-state index in [2.05, 4.69) is 33.6 Å². The van der Waals surface area contributed by atoms with Gasteiger partial charge < -0.3 is 9.47 Å². The van der Waals surface area contributed by atoms with Gasteiger partial charge in [-0.05, 0) is 78.4 Å². The molecule has 4 aromatic rings. The molecular weight excluding hydrogens is 525 g/mol. The van der Waals surface area contributed by atoms with Gasteiger partial charge in [0.2, 0.25) is 5.78 Å². The first-order chi connectivity index (χ1) is 15.9. The van der Waals surface area contributed by atoms with E-state index < -0.39 is 5.60 Å². The SMILES string of the molecule is CC1(C)OC(c2ccc(I)cc2)=C(c2ccc(OCc3ccc4ccccc4n3)cc2)C1=O. The molecule has 3 aromatic carbocycles. The average Bonchev–Trinajstić information content (AvgIpc) is 3.07. The number of nitrogens with zero attached hydrogens (tertiary/aromatic N) is 1. The summed E-state index contributed by atoms with van der Waals surface area (Å²) in [6, 6.07) is 27.6. The molecule has 1 aliphatic heterocycles. The van der Waals surface area contributed by atoms with Crippen LogP contribution in [0.25, 0.3) is 22.2 Å². The summed E-state index contributed by atoms with van der Waals surface area (Å²) < 4.78 is 13.2. The lowest BCUT2D eigenvalue weighted by molar-refractivity contribution is -0.125. The molecule has 0 fully saturated rings. The third-order valence-corrected chi connectivity index (χ3v) is 6.37. The van der Waals surface area contributed by atoms with Crippen LogP contribution < -0.4 is 4.74 Å². The highest BCUT2D eigenvalue weighted by molar-refractivity contribution is 14.1. The molecule has 1 aliphatic rings. The van der Waals surface area contributed by atoms with Crippen LogP contribution in [0.15, 0.2) is 84.9 Å². The quantitative estimate of drug-likeness (QED) is 0.262. The Labute approximate surface area is 206 Å². The number of ether oxygens (including phenoxy) is 2. The van der Waals surface area contributed by atoms with Gasteiger partial charge in [0.15, 0.2) is 5.60 Å². The lowest BCUT2D eigenvalue weighted by Crippen LogP contribution is -2.29. The number of ketones is 1. The first-order valence-electron chi connectivity index (χ1n) is 10.7. The fourth-order valence-corrected chi connectivity index (χ4v) is 4.25. The fraction of sp³-hybridized carbons (Fsp3) is 0.143. The Kier molecular flexibility index (Phi) is 5.66. The molecule has 5 heteroatoms. The van der Waals surface area contributed by atoms with Gasteiger partial charge in [-0.1, -0.05) is 48.5 Å². The third-order valence-electron chi connectivity index (χ3n) is 5.65. The lowest BCUT2D eigenvalue weighted by Gasteiger charge is -2.17. The van der Waals surface area contributed by atoms with Gasteiger partial charge in [0.05, 0.1) is 16.8 Å². The van der Waals surface area contributed by atoms with Crippen LogP contribution in [-0.4, -0.2) is 16.4 Å². The monoisotopic (exact) mass is 547 g/mol. The van der Waals surface area contributed by atoms with E-state index in [1.807, 2.05) is 92.7 Å². The van der Waals surface area contributed by atoms with E-state index in [0.29, 0.717) is 17.9 Å². The number of pyridine rings is 1. The van der Waals surface area contributed by atoms with Crippen LogP contribution in [0.2, 0.25) is 0 Å². The molecule has 0 spiro atoms. The third kappa shape index (κ3) is 4.37. The van der Waals surface area contributed by atoms with Gasteiger partial charge in [0.25, 0.3) is 0 Å². The number of rotatable bonds is 5. The van der Waals surface area contributed by atoms with Crippen LogP contribution in [0, 0.1) is 3.57 Å². The van der Waals surface area contributed by atoms with Crippen molar-refractivity contribution in [3.63, 3.8) is 0 Å². The smallest absolute Gasteiger partial charge is 0.210 e. The van der Waals surface area contributed by atoms with Crippen molar-refractivity contribution in [1.29, 1.82) is 0 Å². The first kappa shape index (κ1) is 21.6. The van der Waals surface area contributed by atoms with Gasteiger partial charge in [0.1, 0.15) is 18.1 Å². The maximum absolute atomic E-state index is 13.2. The number of aromatic nitrogens is 1. The molecule has 0 N–H and O–H groups in total. The van der Waals surface area contributed by atoms with Gasteiger partial charge in [-0.2, -0.15) is 0 Å². The Morgan fingerprint density at radius 3 is 2.33 bits per heavy atom. The topological polar surface area (TPSA) is 48.4 Å². The van der Waals surface area contributed by atoms with E-state index in [-0.39, 0.29) is 5.78 Å². The molecule has 0 saturated carbocycles. The number of halogens is 1. The molecule has 1 aromatic heterocycles. The summed E-state index contributed by atoms with van der Waals surface area (Å²) in [4.78, 5) is 17.8. The molecule has 164 valence electrons. The number of benzene rings is 3. The van der Waals surface area contributed by atoms with Crippen LogP contribution in [0.3, 0.4) is 0 Å². The van der Waals surface area contributed by atoms with Crippen molar-refractivity contribution < 1.29 is 14.3 Å². The molecule has 0 saturated heterocycles. The molecule has 33 heavy (non-hydrogen) atoms. The molecule has 5 rings (SSSR count). The summed E-state index contributed by atoms with van der Waals surface area (Å²) in [5.41, 5.74) is 3.23. The zero-order chi connectivity index (χ0) is 23.0. The number of carbonyl (C=O) groups excluding carboxylic acids is 1. The Bertz CT molecular complexity index is 1370. The normalized spacial score (nSPS) is 15.1. The summed E-state index contributed by atoms with van der Waals surface area (Å²) in [7, 11) is 0.